The van der Waals surface area contributed by atoms with E-state index in [1.54, 1.807) is 6.07 Å². The fourth-order valence-corrected chi connectivity index (χ4v) is 1.56. The molecule has 0 heterocycles. The van der Waals surface area contributed by atoms with E-state index in [-0.39, 0.29) is 11.9 Å². The molecule has 0 radical (unpaired) electrons. The number of carbonyl (C=O) groups excluding carboxylic acids is 1. The second-order valence-corrected chi connectivity index (χ2v) is 4.12. The number of amides is 1. The van der Waals surface area contributed by atoms with Gasteiger partial charge in [0.25, 0.3) is 5.91 Å². The van der Waals surface area contributed by atoms with Gasteiger partial charge in [-0.15, -0.1) is 19.1 Å². The van der Waals surface area contributed by atoms with Gasteiger partial charge in [0.1, 0.15) is 0 Å². The fraction of sp³-hybridized carbons (Fsp3) is 0.308. The summed E-state index contributed by atoms with van der Waals surface area (Å²) in [5.74, 6) is 2.39. The van der Waals surface area contributed by atoms with E-state index in [0.717, 1.165) is 16.9 Å². The molecule has 0 fully saturated rings. The van der Waals surface area contributed by atoms with Gasteiger partial charge in [0, 0.05) is 10.5 Å². The van der Waals surface area contributed by atoms with Crippen LogP contribution in [0.3, 0.4) is 0 Å². The molecule has 0 spiro atoms. The lowest BCUT2D eigenvalue weighted by Gasteiger charge is -2.12. The molecule has 0 aliphatic heterocycles. The van der Waals surface area contributed by atoms with Crippen LogP contribution in [0.15, 0.2) is 23.1 Å². The Morgan fingerprint density at radius 3 is 2.88 bits per heavy atom. The zero-order valence-electron chi connectivity index (χ0n) is 9.45. The van der Waals surface area contributed by atoms with Crippen LogP contribution in [0.2, 0.25) is 0 Å². The van der Waals surface area contributed by atoms with Gasteiger partial charge in [0.15, 0.2) is 0 Å². The summed E-state index contributed by atoms with van der Waals surface area (Å²) in [6, 6.07) is 5.26. The van der Waals surface area contributed by atoms with Crippen molar-refractivity contribution in [2.24, 2.45) is 0 Å². The molecular weight excluding hydrogens is 218 g/mol. The number of aryl methyl sites for hydroxylation is 1. The highest BCUT2D eigenvalue weighted by atomic mass is 32.1. The molecule has 1 amide bonds. The maximum Gasteiger partial charge on any atom is 0.252 e. The van der Waals surface area contributed by atoms with Crippen molar-refractivity contribution >= 4 is 18.5 Å². The van der Waals surface area contributed by atoms with Crippen LogP contribution >= 0.6 is 12.6 Å². The Kier molecular flexibility index (Phi) is 4.45. The molecule has 1 rings (SSSR count). The lowest BCUT2D eigenvalue weighted by atomic mass is 10.1. The third kappa shape index (κ3) is 3.04. The number of carbonyl (C=O) groups is 1. The molecule has 0 bridgehead atoms. The van der Waals surface area contributed by atoms with Crippen LogP contribution in [-0.4, -0.2) is 11.9 Å². The number of nitrogens with one attached hydrogen (secondary N) is 1. The van der Waals surface area contributed by atoms with E-state index in [0.29, 0.717) is 5.56 Å². The highest BCUT2D eigenvalue weighted by Crippen LogP contribution is 2.14. The molecule has 3 heteroatoms. The van der Waals surface area contributed by atoms with Gasteiger partial charge in [0.05, 0.1) is 6.04 Å². The van der Waals surface area contributed by atoms with Crippen molar-refractivity contribution in [2.75, 3.05) is 0 Å². The molecule has 0 aliphatic carbocycles. The normalized spacial score (nSPS) is 11.6. The molecule has 1 N–H and O–H groups in total. The van der Waals surface area contributed by atoms with Crippen molar-refractivity contribution in [3.63, 3.8) is 0 Å². The molecule has 2 nitrogen and oxygen atoms in total. The number of hydrogen-bond acceptors (Lipinski definition) is 2. The highest BCUT2D eigenvalue weighted by molar-refractivity contribution is 7.80. The minimum atomic E-state index is -0.213. The number of benzene rings is 1. The monoisotopic (exact) mass is 233 g/mol. The minimum absolute atomic E-state index is 0.141. The summed E-state index contributed by atoms with van der Waals surface area (Å²) in [7, 11) is 0. The Hall–Kier alpha value is -1.40. The standard InChI is InChI=1S/C13H15NOS/c1-4-10(5-2)14-13(15)12-8-11(16)7-6-9(12)3/h1,6-8,10,16H,5H2,2-3H3,(H,14,15). The summed E-state index contributed by atoms with van der Waals surface area (Å²) < 4.78 is 0. The summed E-state index contributed by atoms with van der Waals surface area (Å²) in [5.41, 5.74) is 1.54. The summed E-state index contributed by atoms with van der Waals surface area (Å²) in [5, 5.41) is 2.79. The number of terminal acetylenes is 1. The fourth-order valence-electron chi connectivity index (χ4n) is 1.35. The van der Waals surface area contributed by atoms with E-state index in [1.165, 1.54) is 0 Å². The van der Waals surface area contributed by atoms with Gasteiger partial charge >= 0.3 is 0 Å². The Labute approximate surface area is 102 Å². The Morgan fingerprint density at radius 1 is 1.62 bits per heavy atom. The second-order valence-electron chi connectivity index (χ2n) is 3.60. The van der Waals surface area contributed by atoms with Crippen molar-refractivity contribution in [2.45, 2.75) is 31.2 Å². The third-order valence-electron chi connectivity index (χ3n) is 2.38. The lowest BCUT2D eigenvalue weighted by molar-refractivity contribution is 0.0944. The van der Waals surface area contributed by atoms with Crippen molar-refractivity contribution < 1.29 is 4.79 Å². The van der Waals surface area contributed by atoms with Crippen LogP contribution in [0.4, 0.5) is 0 Å². The predicted octanol–water partition coefficient (Wildman–Crippen LogP) is 2.43. The van der Waals surface area contributed by atoms with E-state index >= 15 is 0 Å². The topological polar surface area (TPSA) is 29.1 Å². The first-order valence-electron chi connectivity index (χ1n) is 5.15. The Balaban J connectivity index is 2.89. The largest absolute Gasteiger partial charge is 0.338 e. The summed E-state index contributed by atoms with van der Waals surface area (Å²) in [6.45, 7) is 3.83. The molecule has 0 aromatic heterocycles. The predicted molar refractivity (Wildman–Crippen MR) is 68.8 cm³/mol. The third-order valence-corrected chi connectivity index (χ3v) is 2.66. The quantitative estimate of drug-likeness (QED) is 0.609. The van der Waals surface area contributed by atoms with Crippen LogP contribution < -0.4 is 5.32 Å². The van der Waals surface area contributed by atoms with E-state index in [9.17, 15) is 4.79 Å². The van der Waals surface area contributed by atoms with Crippen LogP contribution in [0, 0.1) is 19.3 Å². The van der Waals surface area contributed by atoms with Crippen LogP contribution in [-0.2, 0) is 0 Å². The van der Waals surface area contributed by atoms with Gasteiger partial charge < -0.3 is 5.32 Å². The van der Waals surface area contributed by atoms with Crippen molar-refractivity contribution in [3.8, 4) is 12.3 Å². The van der Waals surface area contributed by atoms with Crippen LogP contribution in [0.25, 0.3) is 0 Å². The SMILES string of the molecule is C#CC(CC)NC(=O)c1cc(S)ccc1C. The average Bonchev–Trinajstić information content (AvgIpc) is 2.28. The van der Waals surface area contributed by atoms with Gasteiger partial charge in [-0.05, 0) is 31.0 Å². The van der Waals surface area contributed by atoms with Gasteiger partial charge in [-0.2, -0.15) is 0 Å². The summed E-state index contributed by atoms with van der Waals surface area (Å²) in [6.07, 6.45) is 6.02. The summed E-state index contributed by atoms with van der Waals surface area (Å²) >= 11 is 4.21. The van der Waals surface area contributed by atoms with E-state index < -0.39 is 0 Å². The van der Waals surface area contributed by atoms with Gasteiger partial charge in [-0.25, -0.2) is 0 Å². The zero-order valence-corrected chi connectivity index (χ0v) is 10.3. The van der Waals surface area contributed by atoms with Crippen molar-refractivity contribution in [1.29, 1.82) is 0 Å². The molecule has 0 saturated carbocycles. The Morgan fingerprint density at radius 2 is 2.31 bits per heavy atom. The van der Waals surface area contributed by atoms with Crippen LogP contribution in [0.1, 0.15) is 29.3 Å². The first kappa shape index (κ1) is 12.7. The molecule has 16 heavy (non-hydrogen) atoms. The molecule has 0 aliphatic rings. The highest BCUT2D eigenvalue weighted by Gasteiger charge is 2.12. The number of thiol groups is 1. The van der Waals surface area contributed by atoms with E-state index in [1.807, 2.05) is 26.0 Å². The molecule has 84 valence electrons. The zero-order chi connectivity index (χ0) is 12.1. The lowest BCUT2D eigenvalue weighted by Crippen LogP contribution is -2.33. The molecule has 1 atom stereocenters. The van der Waals surface area contributed by atoms with Crippen molar-refractivity contribution in [3.05, 3.63) is 29.3 Å². The molecule has 1 aromatic rings. The first-order chi connectivity index (χ1) is 7.58. The maximum atomic E-state index is 11.9. The van der Waals surface area contributed by atoms with Crippen LogP contribution in [0.5, 0.6) is 0 Å². The smallest absolute Gasteiger partial charge is 0.252 e. The molecule has 1 unspecified atom stereocenters. The average molecular weight is 233 g/mol. The Bertz CT molecular complexity index is 434. The van der Waals surface area contributed by atoms with Crippen molar-refractivity contribution in [1.82, 2.24) is 5.32 Å². The molecular formula is C13H15NOS. The number of rotatable bonds is 3. The molecule has 1 aromatic carbocycles. The first-order valence-corrected chi connectivity index (χ1v) is 5.59. The number of hydrogen-bond donors (Lipinski definition) is 2. The second kappa shape index (κ2) is 5.62. The van der Waals surface area contributed by atoms with E-state index in [4.69, 9.17) is 6.42 Å². The van der Waals surface area contributed by atoms with Gasteiger partial charge in [-0.1, -0.05) is 18.9 Å². The van der Waals surface area contributed by atoms with Gasteiger partial charge in [0.2, 0.25) is 0 Å². The minimum Gasteiger partial charge on any atom is -0.338 e. The molecule has 0 saturated heterocycles. The summed E-state index contributed by atoms with van der Waals surface area (Å²) in [4.78, 5) is 12.7. The van der Waals surface area contributed by atoms with Gasteiger partial charge in [-0.3, -0.25) is 4.79 Å². The van der Waals surface area contributed by atoms with E-state index in [2.05, 4.69) is 23.9 Å². The maximum absolute atomic E-state index is 11.9.